The molecule has 0 aliphatic rings. The highest BCUT2D eigenvalue weighted by Gasteiger charge is 2.01. The Labute approximate surface area is 82.2 Å². The van der Waals surface area contributed by atoms with Crippen molar-refractivity contribution in [2.75, 3.05) is 6.54 Å². The summed E-state index contributed by atoms with van der Waals surface area (Å²) in [6, 6.07) is 4.73. The Morgan fingerprint density at radius 1 is 1.50 bits per heavy atom. The number of hydrogen-bond donors (Lipinski definition) is 1. The molecule has 0 aliphatic heterocycles. The number of aryl methyl sites for hydroxylation is 1. The van der Waals surface area contributed by atoms with Crippen LogP contribution in [0.1, 0.15) is 11.1 Å². The first kappa shape index (κ1) is 10.9. The van der Waals surface area contributed by atoms with Gasteiger partial charge in [0, 0.05) is 6.54 Å². The molecule has 1 aromatic rings. The summed E-state index contributed by atoms with van der Waals surface area (Å²) in [5, 5.41) is 0. The minimum Gasteiger partial charge on any atom is -0.327 e. The van der Waals surface area contributed by atoms with E-state index < -0.39 is 0 Å². The van der Waals surface area contributed by atoms with Crippen LogP contribution in [-0.2, 0) is 6.42 Å². The molecule has 76 valence electrons. The van der Waals surface area contributed by atoms with Crippen LogP contribution < -0.4 is 5.73 Å². The fraction of sp³-hybridized carbons (Fsp3) is 0.273. The Balaban J connectivity index is 2.82. The van der Waals surface area contributed by atoms with Crippen LogP contribution in [-0.4, -0.2) is 6.54 Å². The molecule has 1 aromatic carbocycles. The minimum absolute atomic E-state index is 0.187. The van der Waals surface area contributed by atoms with E-state index in [1.807, 2.05) is 0 Å². The van der Waals surface area contributed by atoms with Crippen LogP contribution >= 0.6 is 0 Å². The van der Waals surface area contributed by atoms with Crippen LogP contribution in [0, 0.1) is 12.7 Å². The standard InChI is InChI=1S/C11H13F2N/c1-8-4-9(2-3-11(8)13)5-10(6-12)7-14/h2-4,6H,5,7,14H2,1H3/b10-6-. The van der Waals surface area contributed by atoms with Gasteiger partial charge in [-0.15, -0.1) is 0 Å². The Hall–Kier alpha value is -1.22. The highest BCUT2D eigenvalue weighted by atomic mass is 19.1. The molecule has 3 heteroatoms. The topological polar surface area (TPSA) is 26.0 Å². The summed E-state index contributed by atoms with van der Waals surface area (Å²) in [6.45, 7) is 1.87. The summed E-state index contributed by atoms with van der Waals surface area (Å²) in [5.74, 6) is -0.243. The first-order chi connectivity index (χ1) is 6.67. The summed E-state index contributed by atoms with van der Waals surface area (Å²) >= 11 is 0. The molecule has 0 saturated carbocycles. The predicted molar refractivity (Wildman–Crippen MR) is 53.1 cm³/mol. The Morgan fingerprint density at radius 3 is 2.71 bits per heavy atom. The smallest absolute Gasteiger partial charge is 0.126 e. The second-order valence-electron chi connectivity index (χ2n) is 3.23. The fourth-order valence-electron chi connectivity index (χ4n) is 1.23. The fourth-order valence-corrected chi connectivity index (χ4v) is 1.23. The monoisotopic (exact) mass is 197 g/mol. The number of hydrogen-bond acceptors (Lipinski definition) is 1. The first-order valence-corrected chi connectivity index (χ1v) is 4.40. The largest absolute Gasteiger partial charge is 0.327 e. The molecular weight excluding hydrogens is 184 g/mol. The van der Waals surface area contributed by atoms with E-state index in [2.05, 4.69) is 0 Å². The molecule has 2 N–H and O–H groups in total. The second kappa shape index (κ2) is 4.86. The van der Waals surface area contributed by atoms with Gasteiger partial charge in [0.15, 0.2) is 0 Å². The van der Waals surface area contributed by atoms with Crippen molar-refractivity contribution in [1.29, 1.82) is 0 Å². The van der Waals surface area contributed by atoms with Crippen LogP contribution in [0.5, 0.6) is 0 Å². The predicted octanol–water partition coefficient (Wildman–Crippen LogP) is 2.49. The lowest BCUT2D eigenvalue weighted by Gasteiger charge is -2.04. The quantitative estimate of drug-likeness (QED) is 0.791. The lowest BCUT2D eigenvalue weighted by atomic mass is 10.0. The van der Waals surface area contributed by atoms with Crippen molar-refractivity contribution >= 4 is 0 Å². The maximum Gasteiger partial charge on any atom is 0.126 e. The molecule has 0 amide bonds. The molecule has 0 aromatic heterocycles. The van der Waals surface area contributed by atoms with Gasteiger partial charge in [-0.3, -0.25) is 0 Å². The highest BCUT2D eigenvalue weighted by Crippen LogP contribution is 2.12. The Kier molecular flexibility index (Phi) is 3.77. The molecule has 0 spiro atoms. The normalized spacial score (nSPS) is 11.9. The molecule has 0 unspecified atom stereocenters. The van der Waals surface area contributed by atoms with E-state index in [0.717, 1.165) is 5.56 Å². The van der Waals surface area contributed by atoms with Crippen LogP contribution in [0.4, 0.5) is 8.78 Å². The van der Waals surface area contributed by atoms with E-state index in [9.17, 15) is 8.78 Å². The van der Waals surface area contributed by atoms with Crippen molar-refractivity contribution in [3.05, 3.63) is 47.0 Å². The minimum atomic E-state index is -0.243. The highest BCUT2D eigenvalue weighted by molar-refractivity contribution is 5.27. The third kappa shape index (κ3) is 2.64. The second-order valence-corrected chi connectivity index (χ2v) is 3.23. The van der Waals surface area contributed by atoms with E-state index in [-0.39, 0.29) is 12.4 Å². The van der Waals surface area contributed by atoms with E-state index >= 15 is 0 Å². The Bertz CT molecular complexity index is 345. The summed E-state index contributed by atoms with van der Waals surface area (Å²) in [7, 11) is 0. The van der Waals surface area contributed by atoms with Crippen molar-refractivity contribution in [1.82, 2.24) is 0 Å². The van der Waals surface area contributed by atoms with Gasteiger partial charge in [0.05, 0.1) is 6.33 Å². The molecule has 0 saturated heterocycles. The summed E-state index contributed by atoms with van der Waals surface area (Å²) < 4.78 is 25.1. The molecule has 0 radical (unpaired) electrons. The van der Waals surface area contributed by atoms with E-state index in [0.29, 0.717) is 23.9 Å². The maximum atomic E-state index is 12.9. The van der Waals surface area contributed by atoms with Gasteiger partial charge in [0.2, 0.25) is 0 Å². The van der Waals surface area contributed by atoms with Crippen LogP contribution in [0.15, 0.2) is 30.1 Å². The molecule has 0 heterocycles. The molecule has 14 heavy (non-hydrogen) atoms. The Morgan fingerprint density at radius 2 is 2.21 bits per heavy atom. The van der Waals surface area contributed by atoms with E-state index in [4.69, 9.17) is 5.73 Å². The third-order valence-corrected chi connectivity index (χ3v) is 2.07. The van der Waals surface area contributed by atoms with Crippen molar-refractivity contribution in [3.63, 3.8) is 0 Å². The average molecular weight is 197 g/mol. The molecule has 1 rings (SSSR count). The first-order valence-electron chi connectivity index (χ1n) is 4.40. The molecule has 0 bridgehead atoms. The summed E-state index contributed by atoms with van der Waals surface area (Å²) in [5.41, 5.74) is 7.27. The van der Waals surface area contributed by atoms with Crippen LogP contribution in [0.25, 0.3) is 0 Å². The van der Waals surface area contributed by atoms with Crippen molar-refractivity contribution < 1.29 is 8.78 Å². The zero-order chi connectivity index (χ0) is 10.6. The van der Waals surface area contributed by atoms with Crippen molar-refractivity contribution in [2.45, 2.75) is 13.3 Å². The third-order valence-electron chi connectivity index (χ3n) is 2.07. The summed E-state index contributed by atoms with van der Waals surface area (Å²) in [6.07, 6.45) is 0.951. The van der Waals surface area contributed by atoms with Crippen molar-refractivity contribution in [2.24, 2.45) is 5.73 Å². The van der Waals surface area contributed by atoms with Gasteiger partial charge in [0.1, 0.15) is 5.82 Å². The molecule has 0 fully saturated rings. The molecule has 0 atom stereocenters. The number of halogens is 2. The van der Waals surface area contributed by atoms with Crippen LogP contribution in [0.2, 0.25) is 0 Å². The van der Waals surface area contributed by atoms with E-state index in [1.165, 1.54) is 6.07 Å². The van der Waals surface area contributed by atoms with Gasteiger partial charge in [-0.1, -0.05) is 12.1 Å². The van der Waals surface area contributed by atoms with Crippen LogP contribution in [0.3, 0.4) is 0 Å². The molecule has 1 nitrogen and oxygen atoms in total. The zero-order valence-corrected chi connectivity index (χ0v) is 8.06. The van der Waals surface area contributed by atoms with Gasteiger partial charge < -0.3 is 5.73 Å². The SMILES string of the molecule is Cc1cc(C/C(=C/F)CN)ccc1F. The van der Waals surface area contributed by atoms with Gasteiger partial charge in [-0.05, 0) is 36.1 Å². The van der Waals surface area contributed by atoms with E-state index in [1.54, 1.807) is 19.1 Å². The number of benzene rings is 1. The van der Waals surface area contributed by atoms with Gasteiger partial charge >= 0.3 is 0 Å². The van der Waals surface area contributed by atoms with Gasteiger partial charge in [-0.2, -0.15) is 0 Å². The number of nitrogens with two attached hydrogens (primary N) is 1. The lowest BCUT2D eigenvalue weighted by Crippen LogP contribution is -2.05. The maximum absolute atomic E-state index is 12.9. The average Bonchev–Trinajstić information content (AvgIpc) is 2.19. The van der Waals surface area contributed by atoms with Crippen molar-refractivity contribution in [3.8, 4) is 0 Å². The van der Waals surface area contributed by atoms with Gasteiger partial charge in [-0.25, -0.2) is 8.78 Å². The lowest BCUT2D eigenvalue weighted by molar-refractivity contribution is 0.617. The zero-order valence-electron chi connectivity index (χ0n) is 8.06. The molecule has 0 aliphatic carbocycles. The summed E-state index contributed by atoms with van der Waals surface area (Å²) in [4.78, 5) is 0. The van der Waals surface area contributed by atoms with Gasteiger partial charge in [0.25, 0.3) is 0 Å². The molecular formula is C11H13F2N. The number of rotatable bonds is 3.